The highest BCUT2D eigenvalue weighted by Gasteiger charge is 2.17. The third kappa shape index (κ3) is 4.62. The van der Waals surface area contributed by atoms with E-state index in [1.54, 1.807) is 19.1 Å². The highest BCUT2D eigenvalue weighted by molar-refractivity contribution is 14.1. The van der Waals surface area contributed by atoms with Gasteiger partial charge in [0.05, 0.1) is 26.6 Å². The largest absolute Gasteiger partial charge is 0.506 e. The molecule has 0 spiro atoms. The van der Waals surface area contributed by atoms with Gasteiger partial charge >= 0.3 is 5.82 Å². The highest BCUT2D eigenvalue weighted by Crippen LogP contribution is 2.25. The van der Waals surface area contributed by atoms with Crippen molar-refractivity contribution in [2.45, 2.75) is 13.5 Å². The van der Waals surface area contributed by atoms with Crippen LogP contribution in [0.5, 0.6) is 5.75 Å². The van der Waals surface area contributed by atoms with Crippen molar-refractivity contribution in [3.05, 3.63) is 46.7 Å². The van der Waals surface area contributed by atoms with Crippen LogP contribution in [-0.2, 0) is 11.3 Å². The van der Waals surface area contributed by atoms with E-state index in [1.165, 1.54) is 17.0 Å². The lowest BCUT2D eigenvalue weighted by molar-refractivity contribution is -0.389. The lowest BCUT2D eigenvalue weighted by Crippen LogP contribution is -2.24. The lowest BCUT2D eigenvalue weighted by Gasteiger charge is -2.03. The first-order valence-corrected chi connectivity index (χ1v) is 8.62. The Kier molecular flexibility index (Phi) is 6.09. The number of hydrazone groups is 1. The van der Waals surface area contributed by atoms with Gasteiger partial charge in [0.1, 0.15) is 12.3 Å². The van der Waals surface area contributed by atoms with Gasteiger partial charge in [-0.2, -0.15) is 9.78 Å². The molecule has 0 radical (unpaired) electrons. The van der Waals surface area contributed by atoms with Gasteiger partial charge in [-0.05, 0) is 69.2 Å². The molecule has 1 aromatic heterocycles. The van der Waals surface area contributed by atoms with E-state index in [4.69, 9.17) is 0 Å². The van der Waals surface area contributed by atoms with E-state index in [-0.39, 0.29) is 18.1 Å². The van der Waals surface area contributed by atoms with Crippen LogP contribution >= 0.6 is 45.2 Å². The Morgan fingerprint density at radius 2 is 2.21 bits per heavy atom. The molecule has 0 bridgehead atoms. The van der Waals surface area contributed by atoms with E-state index in [0.717, 1.165) is 3.57 Å². The van der Waals surface area contributed by atoms with E-state index in [9.17, 15) is 20.0 Å². The Morgan fingerprint density at radius 3 is 2.83 bits per heavy atom. The molecule has 1 amide bonds. The number of aromatic nitrogens is 2. The molecule has 0 saturated heterocycles. The molecule has 0 aliphatic rings. The van der Waals surface area contributed by atoms with Crippen molar-refractivity contribution in [1.29, 1.82) is 0 Å². The van der Waals surface area contributed by atoms with Crippen LogP contribution < -0.4 is 5.43 Å². The normalized spacial score (nSPS) is 11.0. The molecule has 0 saturated carbocycles. The molecular formula is C13H11I2N5O4. The van der Waals surface area contributed by atoms with Crippen LogP contribution in [0.15, 0.2) is 23.3 Å². The molecule has 2 aromatic rings. The number of carbonyl (C=O) groups excluding carboxylic acids is 1. The van der Waals surface area contributed by atoms with Gasteiger partial charge in [0.25, 0.3) is 5.91 Å². The Hall–Kier alpha value is -1.77. The smallest absolute Gasteiger partial charge is 0.390 e. The second-order valence-corrected chi connectivity index (χ2v) is 7.09. The lowest BCUT2D eigenvalue weighted by atomic mass is 10.2. The summed E-state index contributed by atoms with van der Waals surface area (Å²) >= 11 is 4.10. The molecule has 0 fully saturated rings. The molecule has 9 nitrogen and oxygen atoms in total. The summed E-state index contributed by atoms with van der Waals surface area (Å²) in [6.45, 7) is 1.41. The van der Waals surface area contributed by atoms with E-state index in [2.05, 4.69) is 38.2 Å². The molecule has 1 heterocycles. The van der Waals surface area contributed by atoms with Crippen LogP contribution in [0.1, 0.15) is 11.3 Å². The molecule has 2 rings (SSSR count). The van der Waals surface area contributed by atoms with Crippen LogP contribution in [-0.4, -0.2) is 31.9 Å². The molecule has 24 heavy (non-hydrogen) atoms. The second-order valence-electron chi connectivity index (χ2n) is 4.68. The van der Waals surface area contributed by atoms with Crippen LogP contribution in [0.3, 0.4) is 0 Å². The standard InChI is InChI=1S/C13H11I2N5O4/c1-7-2-11(20(23)24)18-19(7)6-12(21)17-16-5-8-3-9(14)4-10(15)13(8)22/h2-5,22H,6H2,1H3,(H,17,21)/b16-5+. The van der Waals surface area contributed by atoms with Gasteiger partial charge in [-0.15, -0.1) is 0 Å². The van der Waals surface area contributed by atoms with Crippen molar-refractivity contribution in [1.82, 2.24) is 15.2 Å². The third-order valence-electron chi connectivity index (χ3n) is 2.90. The first kappa shape index (κ1) is 18.6. The summed E-state index contributed by atoms with van der Waals surface area (Å²) in [6.07, 6.45) is 1.33. The van der Waals surface area contributed by atoms with E-state index in [0.29, 0.717) is 14.8 Å². The predicted molar refractivity (Wildman–Crippen MR) is 103 cm³/mol. The second kappa shape index (κ2) is 7.87. The molecule has 0 atom stereocenters. The van der Waals surface area contributed by atoms with Crippen LogP contribution in [0, 0.1) is 24.2 Å². The maximum Gasteiger partial charge on any atom is 0.390 e. The third-order valence-corrected chi connectivity index (χ3v) is 4.34. The number of amides is 1. The summed E-state index contributed by atoms with van der Waals surface area (Å²) in [4.78, 5) is 21.9. The average molecular weight is 555 g/mol. The number of benzene rings is 1. The van der Waals surface area contributed by atoms with Gasteiger partial charge in [0.2, 0.25) is 0 Å². The van der Waals surface area contributed by atoms with Gasteiger partial charge < -0.3 is 15.2 Å². The van der Waals surface area contributed by atoms with Gasteiger partial charge in [-0.3, -0.25) is 4.79 Å². The maximum atomic E-state index is 11.8. The highest BCUT2D eigenvalue weighted by atomic mass is 127. The molecule has 1 aromatic carbocycles. The first-order chi connectivity index (χ1) is 11.3. The summed E-state index contributed by atoms with van der Waals surface area (Å²) in [5, 5.41) is 28.1. The van der Waals surface area contributed by atoms with Crippen molar-refractivity contribution < 1.29 is 14.8 Å². The number of phenolic OH excluding ortho intramolecular Hbond substituents is 1. The maximum absolute atomic E-state index is 11.8. The Balaban J connectivity index is 2.02. The fraction of sp³-hybridized carbons (Fsp3) is 0.154. The quantitative estimate of drug-likeness (QED) is 0.254. The minimum absolute atomic E-state index is 0.0764. The number of phenols is 1. The minimum Gasteiger partial charge on any atom is -0.506 e. The molecule has 126 valence electrons. The van der Waals surface area contributed by atoms with Crippen LogP contribution in [0.25, 0.3) is 0 Å². The summed E-state index contributed by atoms with van der Waals surface area (Å²) in [6, 6.07) is 4.80. The fourth-order valence-corrected chi connectivity index (χ4v) is 3.66. The van der Waals surface area contributed by atoms with Crippen LogP contribution in [0.4, 0.5) is 5.82 Å². The van der Waals surface area contributed by atoms with Crippen LogP contribution in [0.2, 0.25) is 0 Å². The predicted octanol–water partition coefficient (Wildman–Crippen LogP) is 2.16. The van der Waals surface area contributed by atoms with Crippen molar-refractivity contribution in [3.63, 3.8) is 0 Å². The molecule has 0 aliphatic heterocycles. The molecule has 11 heteroatoms. The number of hydrogen-bond acceptors (Lipinski definition) is 6. The number of aryl methyl sites for hydroxylation is 1. The summed E-state index contributed by atoms with van der Waals surface area (Å²) in [7, 11) is 0. The van der Waals surface area contributed by atoms with Gasteiger partial charge in [-0.25, -0.2) is 5.43 Å². The SMILES string of the molecule is Cc1cc([N+](=O)[O-])nn1CC(=O)N/N=C/c1cc(I)cc(I)c1O. The first-order valence-electron chi connectivity index (χ1n) is 6.46. The van der Waals surface area contributed by atoms with E-state index >= 15 is 0 Å². The zero-order valence-corrected chi connectivity index (χ0v) is 16.5. The number of rotatable bonds is 5. The number of hydrogen-bond donors (Lipinski definition) is 2. The van der Waals surface area contributed by atoms with Gasteiger partial charge in [0, 0.05) is 9.13 Å². The summed E-state index contributed by atoms with van der Waals surface area (Å²) in [5.74, 6) is -0.734. The minimum atomic E-state index is -0.624. The number of carbonyl (C=O) groups is 1. The number of nitro groups is 1. The Labute approximate surface area is 163 Å². The zero-order chi connectivity index (χ0) is 17.9. The van der Waals surface area contributed by atoms with Crippen molar-refractivity contribution in [3.8, 4) is 5.75 Å². The van der Waals surface area contributed by atoms with E-state index in [1.807, 2.05) is 22.6 Å². The monoisotopic (exact) mass is 555 g/mol. The molecular weight excluding hydrogens is 544 g/mol. The summed E-state index contributed by atoms with van der Waals surface area (Å²) in [5.41, 5.74) is 3.26. The van der Waals surface area contributed by atoms with Crippen molar-refractivity contribution in [2.75, 3.05) is 0 Å². The summed E-state index contributed by atoms with van der Waals surface area (Å²) < 4.78 is 2.81. The number of nitrogens with zero attached hydrogens (tertiary/aromatic N) is 4. The fourth-order valence-electron chi connectivity index (χ4n) is 1.77. The molecule has 0 aliphatic carbocycles. The number of nitrogens with one attached hydrogen (secondary N) is 1. The number of aromatic hydroxyl groups is 1. The van der Waals surface area contributed by atoms with Crippen molar-refractivity contribution >= 4 is 63.1 Å². The molecule has 0 unspecified atom stereocenters. The average Bonchev–Trinajstić information content (AvgIpc) is 2.85. The van der Waals surface area contributed by atoms with Crippen molar-refractivity contribution in [2.24, 2.45) is 5.10 Å². The molecule has 2 N–H and O–H groups in total. The topological polar surface area (TPSA) is 123 Å². The zero-order valence-electron chi connectivity index (χ0n) is 12.2. The number of halogens is 2. The Bertz CT molecular complexity index is 834. The van der Waals surface area contributed by atoms with Gasteiger partial charge in [-0.1, -0.05) is 0 Å². The van der Waals surface area contributed by atoms with E-state index < -0.39 is 10.8 Å². The van der Waals surface area contributed by atoms with Gasteiger partial charge in [0.15, 0.2) is 0 Å². The Morgan fingerprint density at radius 1 is 1.50 bits per heavy atom.